The predicted molar refractivity (Wildman–Crippen MR) is 101 cm³/mol. The molecule has 136 valence electrons. The second-order valence-corrected chi connectivity index (χ2v) is 7.14. The van der Waals surface area contributed by atoms with Crippen LogP contribution in [0.4, 0.5) is 5.82 Å². The quantitative estimate of drug-likeness (QED) is 0.480. The number of aromatic nitrogens is 7. The Morgan fingerprint density at radius 1 is 1.33 bits per heavy atom. The molecule has 27 heavy (non-hydrogen) atoms. The van der Waals surface area contributed by atoms with Crippen LogP contribution in [0.25, 0.3) is 16.3 Å². The van der Waals surface area contributed by atoms with E-state index in [1.165, 1.54) is 27.6 Å². The summed E-state index contributed by atoms with van der Waals surface area (Å²) in [4.78, 5) is 36.4. The number of fused-ring (bicyclic) bond motifs is 1. The second kappa shape index (κ2) is 7.25. The number of nitrogens with one attached hydrogen (secondary N) is 2. The van der Waals surface area contributed by atoms with Gasteiger partial charge in [0, 0.05) is 23.3 Å². The zero-order chi connectivity index (χ0) is 18.8. The van der Waals surface area contributed by atoms with Crippen LogP contribution >= 0.6 is 23.1 Å². The number of hydrogen-bond donors (Lipinski definition) is 2. The van der Waals surface area contributed by atoms with Crippen LogP contribution < -0.4 is 10.9 Å². The molecule has 4 heterocycles. The number of pyridine rings is 1. The van der Waals surface area contributed by atoms with Crippen molar-refractivity contribution in [1.29, 1.82) is 0 Å². The maximum absolute atomic E-state index is 12.2. The lowest BCUT2D eigenvalue weighted by Gasteiger charge is -2.03. The smallest absolute Gasteiger partial charge is 0.295 e. The fourth-order valence-electron chi connectivity index (χ4n) is 2.18. The van der Waals surface area contributed by atoms with Gasteiger partial charge in [0.1, 0.15) is 11.5 Å². The highest BCUT2D eigenvalue weighted by Crippen LogP contribution is 2.20. The highest BCUT2D eigenvalue weighted by Gasteiger charge is 2.13. The van der Waals surface area contributed by atoms with Gasteiger partial charge in [-0.3, -0.25) is 19.7 Å². The zero-order valence-electron chi connectivity index (χ0n) is 13.9. The Balaban J connectivity index is 1.41. The predicted octanol–water partition coefficient (Wildman–Crippen LogP) is 1.37. The molecule has 0 bridgehead atoms. The molecule has 0 spiro atoms. The van der Waals surface area contributed by atoms with Crippen LogP contribution in [0.3, 0.4) is 0 Å². The first-order valence-corrected chi connectivity index (χ1v) is 9.57. The number of aromatic amines is 1. The number of carbonyl (C=O) groups excluding carboxylic acids is 1. The lowest BCUT2D eigenvalue weighted by molar-refractivity contribution is -0.113. The van der Waals surface area contributed by atoms with Crippen molar-refractivity contribution in [3.8, 4) is 11.4 Å². The SMILES string of the molecule is Cc1nn2c(NC(=O)CSc3n[nH]c(-c4ccncc4)n3)csc2nc1=O. The number of hydrogen-bond acceptors (Lipinski definition) is 9. The summed E-state index contributed by atoms with van der Waals surface area (Å²) in [5, 5.41) is 16.0. The topological polar surface area (TPSA) is 131 Å². The zero-order valence-corrected chi connectivity index (χ0v) is 15.5. The third-order valence-electron chi connectivity index (χ3n) is 3.46. The van der Waals surface area contributed by atoms with Crippen molar-refractivity contribution in [1.82, 2.24) is 34.8 Å². The molecule has 2 N–H and O–H groups in total. The summed E-state index contributed by atoms with van der Waals surface area (Å²) in [6, 6.07) is 3.63. The summed E-state index contributed by atoms with van der Waals surface area (Å²) < 4.78 is 1.44. The van der Waals surface area contributed by atoms with Crippen LogP contribution in [0.15, 0.2) is 39.9 Å². The van der Waals surface area contributed by atoms with Crippen LogP contribution in [-0.4, -0.2) is 46.4 Å². The van der Waals surface area contributed by atoms with E-state index in [0.29, 0.717) is 21.8 Å². The van der Waals surface area contributed by atoms with Crippen molar-refractivity contribution in [2.45, 2.75) is 12.1 Å². The molecule has 0 aliphatic heterocycles. The summed E-state index contributed by atoms with van der Waals surface area (Å²) in [5.41, 5.74) is 0.752. The van der Waals surface area contributed by atoms with Crippen LogP contribution in [0.2, 0.25) is 0 Å². The van der Waals surface area contributed by atoms with Crippen LogP contribution in [0.1, 0.15) is 5.69 Å². The van der Waals surface area contributed by atoms with Crippen LogP contribution in [0, 0.1) is 6.92 Å². The summed E-state index contributed by atoms with van der Waals surface area (Å²) in [7, 11) is 0. The first kappa shape index (κ1) is 17.3. The van der Waals surface area contributed by atoms with E-state index in [9.17, 15) is 9.59 Å². The van der Waals surface area contributed by atoms with E-state index in [2.05, 4.69) is 35.6 Å². The highest BCUT2D eigenvalue weighted by molar-refractivity contribution is 7.99. The van der Waals surface area contributed by atoms with Gasteiger partial charge in [-0.15, -0.1) is 16.4 Å². The van der Waals surface area contributed by atoms with Crippen molar-refractivity contribution in [2.24, 2.45) is 0 Å². The molecule has 0 unspecified atom stereocenters. The maximum Gasteiger partial charge on any atom is 0.295 e. The number of thiazole rings is 1. The minimum atomic E-state index is -0.375. The molecule has 10 nitrogen and oxygen atoms in total. The van der Waals surface area contributed by atoms with Gasteiger partial charge in [0.2, 0.25) is 16.0 Å². The van der Waals surface area contributed by atoms with Crippen molar-refractivity contribution < 1.29 is 4.79 Å². The molecule has 1 amide bonds. The molecule has 0 radical (unpaired) electrons. The molecular weight excluding hydrogens is 388 g/mol. The molecule has 0 aliphatic rings. The number of H-pyrrole nitrogens is 1. The monoisotopic (exact) mass is 400 g/mol. The minimum absolute atomic E-state index is 0.123. The van der Waals surface area contributed by atoms with E-state index in [1.807, 2.05) is 12.1 Å². The molecule has 0 saturated heterocycles. The lowest BCUT2D eigenvalue weighted by atomic mass is 10.3. The summed E-state index contributed by atoms with van der Waals surface area (Å²) in [5.74, 6) is 0.952. The second-order valence-electron chi connectivity index (χ2n) is 5.36. The highest BCUT2D eigenvalue weighted by atomic mass is 32.2. The summed E-state index contributed by atoms with van der Waals surface area (Å²) in [6.07, 6.45) is 3.34. The largest absolute Gasteiger partial charge is 0.309 e. The van der Waals surface area contributed by atoms with Crippen molar-refractivity contribution in [3.05, 3.63) is 46.0 Å². The standard InChI is InChI=1S/C15H12N8O2S2/c1-8-13(25)19-15-23(22-8)10(6-27-15)17-11(24)7-26-14-18-12(20-21-14)9-2-4-16-5-3-9/h2-6H,7H2,1H3,(H,17,24)(H,18,20,21). The van der Waals surface area contributed by atoms with Gasteiger partial charge in [-0.05, 0) is 19.1 Å². The average Bonchev–Trinajstić information content (AvgIpc) is 3.29. The van der Waals surface area contributed by atoms with Gasteiger partial charge in [0.25, 0.3) is 5.56 Å². The van der Waals surface area contributed by atoms with Crippen molar-refractivity contribution >= 4 is 39.8 Å². The molecule has 4 aromatic heterocycles. The number of rotatable bonds is 5. The summed E-state index contributed by atoms with van der Waals surface area (Å²) >= 11 is 2.43. The fraction of sp³-hybridized carbons (Fsp3) is 0.133. The molecule has 0 fully saturated rings. The normalized spacial score (nSPS) is 11.0. The Kier molecular flexibility index (Phi) is 4.64. The van der Waals surface area contributed by atoms with E-state index in [0.717, 1.165) is 5.56 Å². The Labute approximate surface area is 160 Å². The lowest BCUT2D eigenvalue weighted by Crippen LogP contribution is -2.19. The van der Waals surface area contributed by atoms with Crippen LogP contribution in [-0.2, 0) is 4.79 Å². The van der Waals surface area contributed by atoms with E-state index in [-0.39, 0.29) is 22.9 Å². The number of anilines is 1. The molecule has 12 heteroatoms. The molecule has 0 aromatic carbocycles. The van der Waals surface area contributed by atoms with Gasteiger partial charge in [-0.25, -0.2) is 4.98 Å². The van der Waals surface area contributed by atoms with Gasteiger partial charge in [0.05, 0.1) is 5.75 Å². The Morgan fingerprint density at radius 3 is 2.96 bits per heavy atom. The van der Waals surface area contributed by atoms with Gasteiger partial charge in [-0.1, -0.05) is 11.8 Å². The molecular formula is C15H12N8O2S2. The summed E-state index contributed by atoms with van der Waals surface area (Å²) in [6.45, 7) is 1.57. The van der Waals surface area contributed by atoms with Gasteiger partial charge < -0.3 is 5.32 Å². The number of thioether (sulfide) groups is 1. The Hall–Kier alpha value is -3.12. The van der Waals surface area contributed by atoms with Gasteiger partial charge in [0.15, 0.2) is 5.82 Å². The first-order valence-electron chi connectivity index (χ1n) is 7.71. The minimum Gasteiger partial charge on any atom is -0.309 e. The number of carbonyl (C=O) groups is 1. The Morgan fingerprint density at radius 2 is 2.15 bits per heavy atom. The fourth-order valence-corrected chi connectivity index (χ4v) is 3.53. The molecule has 0 atom stereocenters. The maximum atomic E-state index is 12.2. The molecule has 0 aliphatic carbocycles. The molecule has 0 saturated carbocycles. The third kappa shape index (κ3) is 3.71. The van der Waals surface area contributed by atoms with Crippen molar-refractivity contribution in [3.63, 3.8) is 0 Å². The first-order chi connectivity index (χ1) is 13.1. The number of amides is 1. The van der Waals surface area contributed by atoms with Crippen LogP contribution in [0.5, 0.6) is 0 Å². The third-order valence-corrected chi connectivity index (χ3v) is 5.12. The van der Waals surface area contributed by atoms with E-state index >= 15 is 0 Å². The van der Waals surface area contributed by atoms with Gasteiger partial charge >= 0.3 is 0 Å². The van der Waals surface area contributed by atoms with E-state index < -0.39 is 0 Å². The molecule has 4 aromatic rings. The number of aryl methyl sites for hydroxylation is 1. The van der Waals surface area contributed by atoms with Crippen molar-refractivity contribution in [2.75, 3.05) is 11.1 Å². The molecule has 4 rings (SSSR count). The van der Waals surface area contributed by atoms with E-state index in [4.69, 9.17) is 0 Å². The van der Waals surface area contributed by atoms with Gasteiger partial charge in [-0.2, -0.15) is 14.6 Å². The Bertz CT molecular complexity index is 1170. The average molecular weight is 400 g/mol. The van der Waals surface area contributed by atoms with E-state index in [1.54, 1.807) is 24.7 Å². The number of nitrogens with zero attached hydrogens (tertiary/aromatic N) is 6.